The van der Waals surface area contributed by atoms with Crippen LogP contribution in [-0.2, 0) is 9.53 Å². The Morgan fingerprint density at radius 3 is 2.59 bits per heavy atom. The molecule has 2 atom stereocenters. The smallest absolute Gasteiger partial charge is 0.269 e. The predicted octanol–water partition coefficient (Wildman–Crippen LogP) is 3.63. The van der Waals surface area contributed by atoms with Crippen LogP contribution in [0.15, 0.2) is 83.9 Å². The molecule has 0 radical (unpaired) electrons. The predicted molar refractivity (Wildman–Crippen MR) is 133 cm³/mol. The number of nitrogens with zero attached hydrogens (tertiary/aromatic N) is 2. The van der Waals surface area contributed by atoms with Gasteiger partial charge in [0.1, 0.15) is 5.56 Å². The van der Waals surface area contributed by atoms with Gasteiger partial charge in [-0.25, -0.2) is 4.99 Å². The maximum Gasteiger partial charge on any atom is 0.269 e. The van der Waals surface area contributed by atoms with Crippen molar-refractivity contribution in [3.05, 3.63) is 95.6 Å². The molecular weight excluding hydrogens is 452 g/mol. The first-order valence-electron chi connectivity index (χ1n) is 11.0. The molecule has 0 aromatic heterocycles. The molecule has 2 aliphatic heterocycles. The third-order valence-electron chi connectivity index (χ3n) is 5.77. The molecule has 3 aromatic rings. The Balaban J connectivity index is 1.48. The molecule has 0 bridgehead atoms. The van der Waals surface area contributed by atoms with Gasteiger partial charge in [0.25, 0.3) is 11.8 Å². The van der Waals surface area contributed by atoms with Crippen LogP contribution >= 0.6 is 11.6 Å². The minimum absolute atomic E-state index is 0.393. The van der Waals surface area contributed by atoms with E-state index in [-0.39, 0.29) is 0 Å². The van der Waals surface area contributed by atoms with Crippen LogP contribution in [0.4, 0.5) is 11.4 Å². The molecule has 2 heterocycles. The quantitative estimate of drug-likeness (QED) is 0.566. The highest BCUT2D eigenvalue weighted by Crippen LogP contribution is 2.26. The largest absolute Gasteiger partial charge is 0.365 e. The number of benzene rings is 3. The fraction of sp³-hybridized carbons (Fsp3) is 0.192. The normalized spacial score (nSPS) is 20.0. The molecule has 0 aliphatic carbocycles. The Hall–Kier alpha value is -3.68. The van der Waals surface area contributed by atoms with Crippen LogP contribution < -0.4 is 15.5 Å². The summed E-state index contributed by atoms with van der Waals surface area (Å²) in [5.74, 6) is -0.799. The molecule has 1 unspecified atom stereocenters. The summed E-state index contributed by atoms with van der Waals surface area (Å²) >= 11 is 6.17. The number of morpholine rings is 1. The monoisotopic (exact) mass is 474 g/mol. The average molecular weight is 475 g/mol. The number of nitrogens with one attached hydrogen (secondary N) is 2. The summed E-state index contributed by atoms with van der Waals surface area (Å²) < 4.78 is 5.42. The topological polar surface area (TPSA) is 83.0 Å². The van der Waals surface area contributed by atoms with Gasteiger partial charge in [-0.05, 0) is 18.2 Å². The van der Waals surface area contributed by atoms with E-state index in [0.717, 1.165) is 16.8 Å². The fourth-order valence-corrected chi connectivity index (χ4v) is 4.41. The van der Waals surface area contributed by atoms with Crippen molar-refractivity contribution in [2.24, 2.45) is 4.99 Å². The molecule has 1 saturated heterocycles. The number of fused-ring (bicyclic) bond motifs is 1. The zero-order valence-electron chi connectivity index (χ0n) is 18.3. The summed E-state index contributed by atoms with van der Waals surface area (Å²) in [5.41, 5.74) is 3.65. The maximum atomic E-state index is 13.4. The van der Waals surface area contributed by atoms with Gasteiger partial charge in [0.05, 0.1) is 30.1 Å². The van der Waals surface area contributed by atoms with Crippen LogP contribution in [0.5, 0.6) is 0 Å². The summed E-state index contributed by atoms with van der Waals surface area (Å²) in [6, 6.07) is 24.3. The van der Waals surface area contributed by atoms with E-state index in [0.29, 0.717) is 36.7 Å². The number of ether oxygens (including phenoxy) is 1. The highest BCUT2D eigenvalue weighted by atomic mass is 35.5. The van der Waals surface area contributed by atoms with Gasteiger partial charge < -0.3 is 20.3 Å². The molecular formula is C26H23ClN4O3. The summed E-state index contributed by atoms with van der Waals surface area (Å²) in [5, 5.41) is 5.72. The number of halogens is 1. The number of hydrogen-bond donors (Lipinski definition) is 2. The first-order valence-corrected chi connectivity index (χ1v) is 11.5. The first kappa shape index (κ1) is 22.1. The third-order valence-corrected chi connectivity index (χ3v) is 6.04. The van der Waals surface area contributed by atoms with Gasteiger partial charge in [-0.3, -0.25) is 9.59 Å². The number of benzodiazepines with no additional fused rings is 1. The summed E-state index contributed by atoms with van der Waals surface area (Å²) in [6.45, 7) is 1.54. The lowest BCUT2D eigenvalue weighted by molar-refractivity contribution is -0.117. The summed E-state index contributed by atoms with van der Waals surface area (Å²) in [7, 11) is 0. The molecule has 0 spiro atoms. The number of carbonyl (C=O) groups is 2. The van der Waals surface area contributed by atoms with Crippen molar-refractivity contribution in [1.29, 1.82) is 0 Å². The van der Waals surface area contributed by atoms with Crippen LogP contribution in [0.25, 0.3) is 0 Å². The molecule has 172 valence electrons. The minimum atomic E-state index is -1.10. The number of rotatable bonds is 4. The van der Waals surface area contributed by atoms with Crippen LogP contribution in [-0.4, -0.2) is 49.0 Å². The Kier molecular flexibility index (Phi) is 6.29. The van der Waals surface area contributed by atoms with Gasteiger partial charge in [-0.2, -0.15) is 0 Å². The summed E-state index contributed by atoms with van der Waals surface area (Å²) in [6.07, 6.45) is -1.10. The van der Waals surface area contributed by atoms with Crippen molar-refractivity contribution in [1.82, 2.24) is 5.32 Å². The first-order chi connectivity index (χ1) is 16.6. The Bertz CT molecular complexity index is 1250. The van der Waals surface area contributed by atoms with E-state index in [1.54, 1.807) is 12.1 Å². The molecule has 8 heteroatoms. The number of alkyl halides is 1. The van der Waals surface area contributed by atoms with E-state index in [9.17, 15) is 9.59 Å². The number of para-hydroxylation sites is 2. The second kappa shape index (κ2) is 9.67. The van der Waals surface area contributed by atoms with Crippen LogP contribution in [0, 0.1) is 0 Å². The zero-order valence-corrected chi connectivity index (χ0v) is 19.0. The lowest BCUT2D eigenvalue weighted by Gasteiger charge is -2.33. The minimum Gasteiger partial charge on any atom is -0.365 e. The second-order valence-corrected chi connectivity index (χ2v) is 8.49. The number of carbonyl (C=O) groups excluding carboxylic acids is 2. The molecule has 1 fully saturated rings. The van der Waals surface area contributed by atoms with Crippen LogP contribution in [0.3, 0.4) is 0 Å². The van der Waals surface area contributed by atoms with E-state index in [1.165, 1.54) is 0 Å². The molecule has 2 N–H and O–H groups in total. The van der Waals surface area contributed by atoms with E-state index < -0.39 is 23.5 Å². The van der Waals surface area contributed by atoms with Crippen molar-refractivity contribution in [3.8, 4) is 0 Å². The average Bonchev–Trinajstić information content (AvgIpc) is 3.00. The lowest BCUT2D eigenvalue weighted by Crippen LogP contribution is -2.44. The molecule has 34 heavy (non-hydrogen) atoms. The zero-order chi connectivity index (χ0) is 23.5. The van der Waals surface area contributed by atoms with Gasteiger partial charge in [-0.1, -0.05) is 72.3 Å². The fourth-order valence-electron chi connectivity index (χ4n) is 4.15. The van der Waals surface area contributed by atoms with Crippen LogP contribution in [0.1, 0.15) is 21.5 Å². The Morgan fingerprint density at radius 1 is 1.03 bits per heavy atom. The molecule has 5 rings (SSSR count). The van der Waals surface area contributed by atoms with Gasteiger partial charge in [-0.15, -0.1) is 0 Å². The molecule has 3 aromatic carbocycles. The number of aliphatic imine (C=N–C) groups is 1. The van der Waals surface area contributed by atoms with Crippen molar-refractivity contribution in [2.45, 2.75) is 11.7 Å². The van der Waals surface area contributed by atoms with Crippen molar-refractivity contribution in [3.63, 3.8) is 0 Å². The number of amides is 2. The maximum absolute atomic E-state index is 13.4. The van der Waals surface area contributed by atoms with Gasteiger partial charge in [0, 0.05) is 23.4 Å². The van der Waals surface area contributed by atoms with E-state index in [1.807, 2.05) is 71.6 Å². The molecule has 2 amide bonds. The Labute approximate surface area is 202 Å². The number of hydrogen-bond acceptors (Lipinski definition) is 5. The van der Waals surface area contributed by atoms with E-state index in [2.05, 4.69) is 10.6 Å². The number of anilines is 2. The highest BCUT2D eigenvalue weighted by Gasteiger charge is 2.29. The van der Waals surface area contributed by atoms with Crippen LogP contribution in [0.2, 0.25) is 0 Å². The van der Waals surface area contributed by atoms with Crippen molar-refractivity contribution < 1.29 is 14.3 Å². The van der Waals surface area contributed by atoms with Gasteiger partial charge in [0.2, 0.25) is 6.17 Å². The molecule has 2 aliphatic rings. The van der Waals surface area contributed by atoms with Crippen molar-refractivity contribution in [2.75, 3.05) is 29.9 Å². The third kappa shape index (κ3) is 4.53. The molecule has 0 saturated carbocycles. The van der Waals surface area contributed by atoms with Gasteiger partial charge in [0.15, 0.2) is 0 Å². The van der Waals surface area contributed by atoms with E-state index >= 15 is 0 Å². The molecule has 7 nitrogen and oxygen atoms in total. The Morgan fingerprint density at radius 2 is 1.76 bits per heavy atom. The van der Waals surface area contributed by atoms with Crippen molar-refractivity contribution >= 4 is 40.5 Å². The SMILES string of the molecule is O=C(N[C@H]1N=C(c2ccccc2)c2ccccc2NC1=O)c1ccccc1N1CCOC(Cl)C1. The lowest BCUT2D eigenvalue weighted by atomic mass is 10.0. The highest BCUT2D eigenvalue weighted by molar-refractivity contribution is 6.20. The van der Waals surface area contributed by atoms with Gasteiger partial charge >= 0.3 is 0 Å². The van der Waals surface area contributed by atoms with E-state index in [4.69, 9.17) is 21.3 Å². The standard InChI is InChI=1S/C26H23ClN4O3/c27-22-16-31(14-15-34-22)21-13-7-5-11-19(21)25(32)30-24-26(33)28-20-12-6-4-10-18(20)23(29-24)17-8-2-1-3-9-17/h1-13,22,24H,14-16H2,(H,28,33)(H,30,32)/t22?,24-/m1/s1. The summed E-state index contributed by atoms with van der Waals surface area (Å²) in [4.78, 5) is 33.2. The second-order valence-electron chi connectivity index (χ2n) is 8.00.